The highest BCUT2D eigenvalue weighted by atomic mass is 35.5. The number of hydrogen-bond acceptors (Lipinski definition) is 3. The van der Waals surface area contributed by atoms with Crippen molar-refractivity contribution in [3.8, 4) is 0 Å². The van der Waals surface area contributed by atoms with Crippen LogP contribution < -0.4 is 5.73 Å². The van der Waals surface area contributed by atoms with Gasteiger partial charge in [-0.2, -0.15) is 0 Å². The van der Waals surface area contributed by atoms with Crippen molar-refractivity contribution in [2.75, 3.05) is 12.3 Å². The Hall–Kier alpha value is -1.22. The van der Waals surface area contributed by atoms with E-state index in [9.17, 15) is 4.79 Å². The number of hydrogen-bond donors (Lipinski definition) is 1. The predicted molar refractivity (Wildman–Crippen MR) is 79.5 cm³/mol. The molecule has 0 bridgehead atoms. The molecule has 19 heavy (non-hydrogen) atoms. The van der Waals surface area contributed by atoms with Crippen molar-refractivity contribution < 1.29 is 9.53 Å². The van der Waals surface area contributed by atoms with E-state index in [0.29, 0.717) is 22.9 Å². The standard InChI is InChI=1S/C15H22ClNO2/c1-2-3-4-5-6-7-10-19-15(18)13-9-8-12(17)11-14(13)16/h8-9,11H,2-7,10,17H2,1H3. The maximum atomic E-state index is 11.8. The van der Waals surface area contributed by atoms with E-state index >= 15 is 0 Å². The zero-order valence-corrected chi connectivity index (χ0v) is 12.2. The summed E-state index contributed by atoms with van der Waals surface area (Å²) in [7, 11) is 0. The van der Waals surface area contributed by atoms with Crippen molar-refractivity contribution in [3.63, 3.8) is 0 Å². The second-order valence-electron chi connectivity index (χ2n) is 4.64. The second-order valence-corrected chi connectivity index (χ2v) is 5.05. The van der Waals surface area contributed by atoms with Gasteiger partial charge in [-0.05, 0) is 24.6 Å². The Morgan fingerprint density at radius 1 is 1.21 bits per heavy atom. The number of halogens is 1. The Bertz CT molecular complexity index is 407. The third kappa shape index (κ3) is 5.97. The van der Waals surface area contributed by atoms with Crippen LogP contribution >= 0.6 is 11.6 Å². The summed E-state index contributed by atoms with van der Waals surface area (Å²) in [6.07, 6.45) is 6.98. The van der Waals surface area contributed by atoms with Crippen LogP contribution in [0.3, 0.4) is 0 Å². The maximum absolute atomic E-state index is 11.8. The van der Waals surface area contributed by atoms with E-state index in [1.807, 2.05) is 0 Å². The van der Waals surface area contributed by atoms with Crippen LogP contribution in [0.15, 0.2) is 18.2 Å². The van der Waals surface area contributed by atoms with Crippen molar-refractivity contribution in [2.24, 2.45) is 0 Å². The molecule has 0 radical (unpaired) electrons. The molecule has 0 amide bonds. The van der Waals surface area contributed by atoms with Gasteiger partial charge >= 0.3 is 5.97 Å². The Morgan fingerprint density at radius 3 is 2.58 bits per heavy atom. The lowest BCUT2D eigenvalue weighted by Gasteiger charge is -2.06. The van der Waals surface area contributed by atoms with Crippen LogP contribution in [0.4, 0.5) is 5.69 Å². The molecule has 4 heteroatoms. The number of unbranched alkanes of at least 4 members (excludes halogenated alkanes) is 5. The Labute approximate surface area is 120 Å². The largest absolute Gasteiger partial charge is 0.462 e. The van der Waals surface area contributed by atoms with E-state index in [0.717, 1.165) is 12.8 Å². The van der Waals surface area contributed by atoms with Gasteiger partial charge in [0.15, 0.2) is 0 Å². The first-order chi connectivity index (χ1) is 9.15. The van der Waals surface area contributed by atoms with Gasteiger partial charge in [0.05, 0.1) is 17.2 Å². The highest BCUT2D eigenvalue weighted by Crippen LogP contribution is 2.20. The van der Waals surface area contributed by atoms with Gasteiger partial charge in [0.1, 0.15) is 0 Å². The number of esters is 1. The lowest BCUT2D eigenvalue weighted by Crippen LogP contribution is -2.07. The number of benzene rings is 1. The van der Waals surface area contributed by atoms with Crippen LogP contribution in [0.25, 0.3) is 0 Å². The summed E-state index contributed by atoms with van der Waals surface area (Å²) in [5.41, 5.74) is 6.49. The average Bonchev–Trinajstić information content (AvgIpc) is 2.37. The fourth-order valence-corrected chi connectivity index (χ4v) is 2.09. The molecule has 0 aliphatic heterocycles. The summed E-state index contributed by atoms with van der Waals surface area (Å²) in [6, 6.07) is 4.80. The van der Waals surface area contributed by atoms with E-state index in [1.165, 1.54) is 25.7 Å². The quantitative estimate of drug-likeness (QED) is 0.436. The highest BCUT2D eigenvalue weighted by Gasteiger charge is 2.11. The van der Waals surface area contributed by atoms with Gasteiger partial charge in [-0.25, -0.2) is 4.79 Å². The van der Waals surface area contributed by atoms with Gasteiger partial charge in [0.2, 0.25) is 0 Å². The number of carbonyl (C=O) groups excluding carboxylic acids is 1. The van der Waals surface area contributed by atoms with Gasteiger partial charge in [-0.1, -0.05) is 50.6 Å². The van der Waals surface area contributed by atoms with Crippen molar-refractivity contribution in [3.05, 3.63) is 28.8 Å². The molecule has 0 fully saturated rings. The molecule has 0 atom stereocenters. The number of ether oxygens (including phenoxy) is 1. The van der Waals surface area contributed by atoms with E-state index < -0.39 is 0 Å². The van der Waals surface area contributed by atoms with Crippen LogP contribution in [-0.4, -0.2) is 12.6 Å². The topological polar surface area (TPSA) is 52.3 Å². The molecule has 0 saturated heterocycles. The summed E-state index contributed by atoms with van der Waals surface area (Å²) in [5.74, 6) is -0.376. The number of nitrogens with two attached hydrogens (primary N) is 1. The summed E-state index contributed by atoms with van der Waals surface area (Å²) < 4.78 is 5.19. The minimum absolute atomic E-state index is 0.341. The zero-order valence-electron chi connectivity index (χ0n) is 11.5. The molecule has 1 aromatic rings. The molecule has 2 N–H and O–H groups in total. The first kappa shape index (κ1) is 15.8. The lowest BCUT2D eigenvalue weighted by atomic mass is 10.1. The van der Waals surface area contributed by atoms with Crippen molar-refractivity contribution in [1.29, 1.82) is 0 Å². The maximum Gasteiger partial charge on any atom is 0.339 e. The first-order valence-corrected chi connectivity index (χ1v) is 7.25. The fourth-order valence-electron chi connectivity index (χ4n) is 1.82. The number of anilines is 1. The van der Waals surface area contributed by atoms with Gasteiger partial charge in [0.25, 0.3) is 0 Å². The van der Waals surface area contributed by atoms with E-state index in [-0.39, 0.29) is 5.97 Å². The van der Waals surface area contributed by atoms with Gasteiger partial charge in [0, 0.05) is 5.69 Å². The molecule has 1 aromatic carbocycles. The molecule has 0 saturated carbocycles. The van der Waals surface area contributed by atoms with Crippen LogP contribution in [-0.2, 0) is 4.74 Å². The average molecular weight is 284 g/mol. The Kier molecular flexibility index (Phi) is 7.34. The molecular formula is C15H22ClNO2. The van der Waals surface area contributed by atoms with Gasteiger partial charge in [-0.3, -0.25) is 0 Å². The fraction of sp³-hybridized carbons (Fsp3) is 0.533. The molecule has 0 aliphatic rings. The van der Waals surface area contributed by atoms with Gasteiger partial charge in [-0.15, -0.1) is 0 Å². The van der Waals surface area contributed by atoms with Crippen molar-refractivity contribution in [2.45, 2.75) is 45.4 Å². The molecule has 0 aromatic heterocycles. The summed E-state index contributed by atoms with van der Waals surface area (Å²) in [5, 5.41) is 0.341. The normalized spacial score (nSPS) is 10.4. The smallest absolute Gasteiger partial charge is 0.339 e. The third-order valence-electron chi connectivity index (χ3n) is 2.94. The highest BCUT2D eigenvalue weighted by molar-refractivity contribution is 6.33. The third-order valence-corrected chi connectivity index (χ3v) is 3.26. The van der Waals surface area contributed by atoms with Gasteiger partial charge < -0.3 is 10.5 Å². The first-order valence-electron chi connectivity index (χ1n) is 6.87. The van der Waals surface area contributed by atoms with Crippen molar-refractivity contribution in [1.82, 2.24) is 0 Å². The van der Waals surface area contributed by atoms with Crippen LogP contribution in [0.2, 0.25) is 5.02 Å². The molecule has 0 spiro atoms. The molecule has 3 nitrogen and oxygen atoms in total. The molecule has 0 unspecified atom stereocenters. The molecule has 0 heterocycles. The summed E-state index contributed by atoms with van der Waals surface area (Å²) >= 11 is 5.94. The number of carbonyl (C=O) groups is 1. The molecular weight excluding hydrogens is 262 g/mol. The van der Waals surface area contributed by atoms with Crippen LogP contribution in [0, 0.1) is 0 Å². The second kappa shape index (κ2) is 8.81. The SMILES string of the molecule is CCCCCCCCOC(=O)c1ccc(N)cc1Cl. The minimum Gasteiger partial charge on any atom is -0.462 e. The van der Waals surface area contributed by atoms with E-state index in [4.69, 9.17) is 22.1 Å². The Balaban J connectivity index is 2.24. The summed E-state index contributed by atoms with van der Waals surface area (Å²) in [4.78, 5) is 11.8. The van der Waals surface area contributed by atoms with Crippen LogP contribution in [0.5, 0.6) is 0 Å². The number of nitrogen functional groups attached to an aromatic ring is 1. The monoisotopic (exact) mass is 283 g/mol. The van der Waals surface area contributed by atoms with E-state index in [2.05, 4.69) is 6.92 Å². The molecule has 1 rings (SSSR count). The predicted octanol–water partition coefficient (Wildman–Crippen LogP) is 4.44. The molecule has 106 valence electrons. The van der Waals surface area contributed by atoms with Crippen molar-refractivity contribution >= 4 is 23.3 Å². The molecule has 0 aliphatic carbocycles. The minimum atomic E-state index is -0.376. The Morgan fingerprint density at radius 2 is 1.89 bits per heavy atom. The van der Waals surface area contributed by atoms with Crippen LogP contribution in [0.1, 0.15) is 55.8 Å². The lowest BCUT2D eigenvalue weighted by molar-refractivity contribution is 0.0498. The zero-order chi connectivity index (χ0) is 14.1. The number of rotatable bonds is 8. The van der Waals surface area contributed by atoms with E-state index in [1.54, 1.807) is 18.2 Å². The summed E-state index contributed by atoms with van der Waals surface area (Å²) in [6.45, 7) is 2.64.